The molecule has 6 rings (SSSR count). The molecule has 0 radical (unpaired) electrons. The molecule has 148 valence electrons. The van der Waals surface area contributed by atoms with Gasteiger partial charge in [0, 0.05) is 34.7 Å². The van der Waals surface area contributed by atoms with Crippen LogP contribution < -0.4 is 5.32 Å². The van der Waals surface area contributed by atoms with E-state index in [4.69, 9.17) is 4.74 Å². The average Bonchev–Trinajstić information content (AvgIpc) is 3.15. The largest absolute Gasteiger partial charge is 0.381 e. The molecule has 3 aliphatic rings. The van der Waals surface area contributed by atoms with Crippen molar-refractivity contribution in [3.05, 3.63) is 46.6 Å². The van der Waals surface area contributed by atoms with E-state index in [1.165, 1.54) is 11.3 Å². The SMILES string of the molecule is O=C(Nc1nc2c(s1)CN(C(=O)c1cc3ccccc3[nH]1)CC2)C1C2COCC21. The highest BCUT2D eigenvalue weighted by atomic mass is 32.1. The smallest absolute Gasteiger partial charge is 0.270 e. The number of para-hydroxylation sites is 1. The summed E-state index contributed by atoms with van der Waals surface area (Å²) in [5.74, 6) is 0.893. The first-order valence-electron chi connectivity index (χ1n) is 9.91. The third-order valence-electron chi connectivity index (χ3n) is 6.26. The van der Waals surface area contributed by atoms with Crippen molar-refractivity contribution < 1.29 is 14.3 Å². The van der Waals surface area contributed by atoms with Crippen LogP contribution in [-0.2, 0) is 22.5 Å². The van der Waals surface area contributed by atoms with E-state index in [1.807, 2.05) is 35.2 Å². The Kier molecular flexibility index (Phi) is 3.79. The molecular formula is C21H20N4O3S. The summed E-state index contributed by atoms with van der Waals surface area (Å²) in [7, 11) is 0. The van der Waals surface area contributed by atoms with Gasteiger partial charge in [0.25, 0.3) is 5.91 Å². The summed E-state index contributed by atoms with van der Waals surface area (Å²) in [6.07, 6.45) is 0.705. The Labute approximate surface area is 171 Å². The van der Waals surface area contributed by atoms with Crippen LogP contribution in [0.4, 0.5) is 5.13 Å². The number of hydrogen-bond donors (Lipinski definition) is 2. The standard InChI is InChI=1S/C21H20N4O3S/c26-19(18-12-9-28-10-13(12)18)24-21-23-15-5-6-25(8-17(15)29-21)20(27)16-7-11-3-1-2-4-14(11)22-16/h1-4,7,12-13,18,22H,5-6,8-10H2,(H,23,24,26). The second-order valence-electron chi connectivity index (χ2n) is 8.02. The van der Waals surface area contributed by atoms with E-state index in [0.29, 0.717) is 55.4 Å². The van der Waals surface area contributed by atoms with Crippen molar-refractivity contribution in [3.8, 4) is 0 Å². The van der Waals surface area contributed by atoms with Crippen molar-refractivity contribution in [2.45, 2.75) is 13.0 Å². The number of fused-ring (bicyclic) bond motifs is 3. The van der Waals surface area contributed by atoms with Crippen molar-refractivity contribution in [2.75, 3.05) is 25.1 Å². The highest BCUT2D eigenvalue weighted by Crippen LogP contribution is 2.51. The molecule has 2 atom stereocenters. The second kappa shape index (κ2) is 6.40. The lowest BCUT2D eigenvalue weighted by Crippen LogP contribution is -2.35. The number of anilines is 1. The number of rotatable bonds is 3. The minimum Gasteiger partial charge on any atom is -0.381 e. The number of H-pyrrole nitrogens is 1. The normalized spacial score (nSPS) is 25.0. The zero-order valence-electron chi connectivity index (χ0n) is 15.7. The highest BCUT2D eigenvalue weighted by Gasteiger charge is 2.58. The van der Waals surface area contributed by atoms with Gasteiger partial charge in [-0.1, -0.05) is 29.5 Å². The van der Waals surface area contributed by atoms with Crippen LogP contribution in [-0.4, -0.2) is 46.4 Å². The fourth-order valence-corrected chi connectivity index (χ4v) is 5.63. The summed E-state index contributed by atoms with van der Waals surface area (Å²) in [5, 5.41) is 4.66. The first-order chi connectivity index (χ1) is 14.2. The maximum atomic E-state index is 13.0. The molecule has 7 nitrogen and oxygen atoms in total. The number of carbonyl (C=O) groups is 2. The topological polar surface area (TPSA) is 87.3 Å². The minimum absolute atomic E-state index is 0.00311. The van der Waals surface area contributed by atoms with Crippen LogP contribution in [0, 0.1) is 17.8 Å². The van der Waals surface area contributed by atoms with E-state index in [2.05, 4.69) is 15.3 Å². The van der Waals surface area contributed by atoms with Gasteiger partial charge in [0.15, 0.2) is 5.13 Å². The van der Waals surface area contributed by atoms with E-state index in [-0.39, 0.29) is 17.7 Å². The van der Waals surface area contributed by atoms with E-state index in [1.54, 1.807) is 0 Å². The molecule has 2 unspecified atom stereocenters. The summed E-state index contributed by atoms with van der Waals surface area (Å²) in [4.78, 5) is 36.2. The van der Waals surface area contributed by atoms with Crippen LogP contribution in [0.2, 0.25) is 0 Å². The number of hydrogen-bond acceptors (Lipinski definition) is 5. The number of ether oxygens (including phenoxy) is 1. The van der Waals surface area contributed by atoms with Crippen LogP contribution in [0.25, 0.3) is 10.9 Å². The molecular weight excluding hydrogens is 388 g/mol. The van der Waals surface area contributed by atoms with Gasteiger partial charge < -0.3 is 19.9 Å². The number of thiazole rings is 1. The summed E-state index contributed by atoms with van der Waals surface area (Å²) in [6, 6.07) is 9.79. The zero-order valence-corrected chi connectivity index (χ0v) is 16.5. The highest BCUT2D eigenvalue weighted by molar-refractivity contribution is 7.15. The molecule has 2 amide bonds. The molecule has 0 spiro atoms. The van der Waals surface area contributed by atoms with Gasteiger partial charge in [0.2, 0.25) is 5.91 Å². The number of nitrogens with one attached hydrogen (secondary N) is 2. The summed E-state index contributed by atoms with van der Waals surface area (Å²) in [6.45, 7) is 2.55. The lowest BCUT2D eigenvalue weighted by molar-refractivity contribution is -0.118. The van der Waals surface area contributed by atoms with Gasteiger partial charge in [-0.2, -0.15) is 0 Å². The Hall–Kier alpha value is -2.71. The molecule has 2 fully saturated rings. The van der Waals surface area contributed by atoms with E-state index >= 15 is 0 Å². The van der Waals surface area contributed by atoms with Crippen LogP contribution in [0.3, 0.4) is 0 Å². The van der Waals surface area contributed by atoms with E-state index in [0.717, 1.165) is 21.5 Å². The molecule has 0 bridgehead atoms. The van der Waals surface area contributed by atoms with Gasteiger partial charge in [-0.05, 0) is 24.0 Å². The number of aromatic amines is 1. The predicted molar refractivity (Wildman–Crippen MR) is 109 cm³/mol. The maximum Gasteiger partial charge on any atom is 0.270 e. The summed E-state index contributed by atoms with van der Waals surface area (Å²) < 4.78 is 5.36. The van der Waals surface area contributed by atoms with E-state index in [9.17, 15) is 9.59 Å². The Balaban J connectivity index is 1.16. The molecule has 3 aromatic rings. The number of amides is 2. The zero-order chi connectivity index (χ0) is 19.5. The van der Waals surface area contributed by atoms with E-state index < -0.39 is 0 Å². The van der Waals surface area contributed by atoms with Crippen molar-refractivity contribution in [1.29, 1.82) is 0 Å². The first-order valence-corrected chi connectivity index (χ1v) is 10.7. The molecule has 2 aliphatic heterocycles. The van der Waals surface area contributed by atoms with Gasteiger partial charge >= 0.3 is 0 Å². The van der Waals surface area contributed by atoms with Gasteiger partial charge in [0.1, 0.15) is 5.69 Å². The fourth-order valence-electron chi connectivity index (χ4n) is 4.60. The Morgan fingerprint density at radius 1 is 1.24 bits per heavy atom. The van der Waals surface area contributed by atoms with Gasteiger partial charge in [-0.15, -0.1) is 0 Å². The third kappa shape index (κ3) is 2.86. The van der Waals surface area contributed by atoms with Crippen LogP contribution in [0.5, 0.6) is 0 Å². The number of nitrogens with zero attached hydrogens (tertiary/aromatic N) is 2. The Morgan fingerprint density at radius 3 is 2.90 bits per heavy atom. The Bertz CT molecular complexity index is 1090. The van der Waals surface area contributed by atoms with Crippen molar-refractivity contribution in [1.82, 2.24) is 14.9 Å². The fraction of sp³-hybridized carbons (Fsp3) is 0.381. The average molecular weight is 408 g/mol. The summed E-state index contributed by atoms with van der Waals surface area (Å²) in [5.41, 5.74) is 2.56. The molecule has 2 aromatic heterocycles. The van der Waals surface area contributed by atoms with Gasteiger partial charge in [0.05, 0.1) is 25.5 Å². The quantitative estimate of drug-likeness (QED) is 0.698. The predicted octanol–water partition coefficient (Wildman–Crippen LogP) is 2.65. The summed E-state index contributed by atoms with van der Waals surface area (Å²) >= 11 is 1.48. The maximum absolute atomic E-state index is 13.0. The molecule has 1 aliphatic carbocycles. The number of carbonyl (C=O) groups excluding carboxylic acids is 2. The lowest BCUT2D eigenvalue weighted by atomic mass is 10.1. The Morgan fingerprint density at radius 2 is 2.07 bits per heavy atom. The van der Waals surface area contributed by atoms with Gasteiger partial charge in [-0.25, -0.2) is 4.98 Å². The number of aromatic nitrogens is 2. The lowest BCUT2D eigenvalue weighted by Gasteiger charge is -2.25. The van der Waals surface area contributed by atoms with Crippen molar-refractivity contribution in [3.63, 3.8) is 0 Å². The molecule has 1 saturated carbocycles. The monoisotopic (exact) mass is 408 g/mol. The number of benzene rings is 1. The first kappa shape index (κ1) is 17.2. The molecule has 4 heterocycles. The van der Waals surface area contributed by atoms with Crippen LogP contribution in [0.15, 0.2) is 30.3 Å². The molecule has 8 heteroatoms. The minimum atomic E-state index is -0.00311. The van der Waals surface area contributed by atoms with Crippen molar-refractivity contribution >= 4 is 39.2 Å². The van der Waals surface area contributed by atoms with Crippen LogP contribution >= 0.6 is 11.3 Å². The van der Waals surface area contributed by atoms with Crippen LogP contribution in [0.1, 0.15) is 21.1 Å². The molecule has 1 aromatic carbocycles. The molecule has 2 N–H and O–H groups in total. The molecule has 1 saturated heterocycles. The third-order valence-corrected chi connectivity index (χ3v) is 7.26. The van der Waals surface area contributed by atoms with Gasteiger partial charge in [-0.3, -0.25) is 9.59 Å². The second-order valence-corrected chi connectivity index (χ2v) is 9.10. The van der Waals surface area contributed by atoms with Crippen molar-refractivity contribution in [2.24, 2.45) is 17.8 Å². The molecule has 29 heavy (non-hydrogen) atoms.